The van der Waals surface area contributed by atoms with Gasteiger partial charge in [-0.3, -0.25) is 4.79 Å². The number of nitrogens with one attached hydrogen (secondary N) is 3. The highest BCUT2D eigenvalue weighted by atomic mass is 16.2. The molecule has 1 aromatic heterocycles. The van der Waals surface area contributed by atoms with Gasteiger partial charge < -0.3 is 20.5 Å². The lowest BCUT2D eigenvalue weighted by molar-refractivity contribution is 0.0993. The lowest BCUT2D eigenvalue weighted by Crippen LogP contribution is -2.52. The van der Waals surface area contributed by atoms with Gasteiger partial charge in [-0.25, -0.2) is 9.78 Å². The third-order valence-electron chi connectivity index (χ3n) is 5.53. The van der Waals surface area contributed by atoms with Gasteiger partial charge in [0.1, 0.15) is 5.82 Å². The average Bonchev–Trinajstić information content (AvgIpc) is 3.17. The van der Waals surface area contributed by atoms with Crippen molar-refractivity contribution in [2.75, 3.05) is 17.3 Å². The fourth-order valence-electron chi connectivity index (χ4n) is 3.68. The summed E-state index contributed by atoms with van der Waals surface area (Å²) < 4.78 is 0. The average molecular weight is 403 g/mol. The number of carbonyl (C=O) groups is 2. The second kappa shape index (κ2) is 8.02. The minimum atomic E-state index is -0.459. The summed E-state index contributed by atoms with van der Waals surface area (Å²) in [7, 11) is 1.73. The van der Waals surface area contributed by atoms with E-state index in [4.69, 9.17) is 0 Å². The van der Waals surface area contributed by atoms with Crippen molar-refractivity contribution in [3.05, 3.63) is 77.9 Å². The normalized spacial score (nSPS) is 14.5. The first-order chi connectivity index (χ1) is 14.5. The number of para-hydroxylation sites is 1. The summed E-state index contributed by atoms with van der Waals surface area (Å²) >= 11 is 0. The molecule has 1 saturated carbocycles. The monoisotopic (exact) mass is 403 g/mol. The molecule has 1 fully saturated rings. The van der Waals surface area contributed by atoms with Crippen molar-refractivity contribution in [1.29, 1.82) is 0 Å². The maximum atomic E-state index is 12.8. The molecule has 1 aliphatic rings. The van der Waals surface area contributed by atoms with Crippen LogP contribution in [-0.2, 0) is 5.54 Å². The Labute approximate surface area is 175 Å². The summed E-state index contributed by atoms with van der Waals surface area (Å²) in [6.45, 7) is 1.94. The minimum absolute atomic E-state index is 0.146. The van der Waals surface area contributed by atoms with Crippen LogP contribution in [0.2, 0.25) is 0 Å². The molecule has 2 aromatic carbocycles. The van der Waals surface area contributed by atoms with Gasteiger partial charge in [0.2, 0.25) is 0 Å². The standard InChI is InChI=1S/C23H25N5O2/c1-16-15-24-21(25-16)23(12-7-13-23)27-22(30)26-18-9-6-8-17(14-18)20(29)28(2)19-10-4-3-5-11-19/h3-6,8-11,14-15H,7,12-13H2,1-2H3,(H,24,25)(H2,26,27,30). The maximum Gasteiger partial charge on any atom is 0.320 e. The first-order valence-electron chi connectivity index (χ1n) is 10.0. The molecular weight excluding hydrogens is 378 g/mol. The molecule has 30 heavy (non-hydrogen) atoms. The van der Waals surface area contributed by atoms with Gasteiger partial charge in [0.05, 0.1) is 5.54 Å². The van der Waals surface area contributed by atoms with E-state index in [0.29, 0.717) is 11.3 Å². The number of benzene rings is 2. The zero-order valence-electron chi connectivity index (χ0n) is 17.1. The van der Waals surface area contributed by atoms with Crippen molar-refractivity contribution in [1.82, 2.24) is 15.3 Å². The Balaban J connectivity index is 1.45. The lowest BCUT2D eigenvalue weighted by atomic mass is 9.76. The van der Waals surface area contributed by atoms with Crippen molar-refractivity contribution in [2.45, 2.75) is 31.7 Å². The molecule has 0 radical (unpaired) electrons. The lowest BCUT2D eigenvalue weighted by Gasteiger charge is -2.40. The van der Waals surface area contributed by atoms with Crippen molar-refractivity contribution in [2.24, 2.45) is 0 Å². The number of aromatic nitrogens is 2. The highest BCUT2D eigenvalue weighted by Crippen LogP contribution is 2.39. The van der Waals surface area contributed by atoms with Crippen LogP contribution >= 0.6 is 0 Å². The number of imidazole rings is 1. The highest BCUT2D eigenvalue weighted by molar-refractivity contribution is 6.06. The summed E-state index contributed by atoms with van der Waals surface area (Å²) in [4.78, 5) is 34.7. The van der Waals surface area contributed by atoms with Gasteiger partial charge in [0.15, 0.2) is 0 Å². The summed E-state index contributed by atoms with van der Waals surface area (Å²) in [6, 6.07) is 16.1. The first kappa shape index (κ1) is 19.7. The number of hydrogen-bond donors (Lipinski definition) is 3. The van der Waals surface area contributed by atoms with Crippen LogP contribution in [0.1, 0.15) is 41.1 Å². The fourth-order valence-corrected chi connectivity index (χ4v) is 3.68. The highest BCUT2D eigenvalue weighted by Gasteiger charge is 2.42. The van der Waals surface area contributed by atoms with Crippen molar-refractivity contribution >= 4 is 23.3 Å². The predicted molar refractivity (Wildman–Crippen MR) is 117 cm³/mol. The van der Waals surface area contributed by atoms with Gasteiger partial charge in [-0.05, 0) is 56.5 Å². The Kier molecular flexibility index (Phi) is 5.27. The number of nitrogens with zero attached hydrogens (tertiary/aromatic N) is 2. The Morgan fingerprint density at radius 3 is 2.50 bits per heavy atom. The Morgan fingerprint density at radius 2 is 1.87 bits per heavy atom. The van der Waals surface area contributed by atoms with E-state index in [2.05, 4.69) is 20.6 Å². The number of anilines is 2. The number of urea groups is 1. The fraction of sp³-hybridized carbons (Fsp3) is 0.261. The smallest absolute Gasteiger partial charge is 0.320 e. The molecule has 1 heterocycles. The summed E-state index contributed by atoms with van der Waals surface area (Å²) in [5.74, 6) is 0.640. The van der Waals surface area contributed by atoms with Crippen molar-refractivity contribution in [3.63, 3.8) is 0 Å². The van der Waals surface area contributed by atoms with Gasteiger partial charge in [-0.2, -0.15) is 0 Å². The molecular formula is C23H25N5O2. The molecule has 7 heteroatoms. The molecule has 0 atom stereocenters. The predicted octanol–water partition coefficient (Wildman–Crippen LogP) is 4.20. The molecule has 3 amide bonds. The Morgan fingerprint density at radius 1 is 1.10 bits per heavy atom. The topological polar surface area (TPSA) is 90.1 Å². The van der Waals surface area contributed by atoms with Crippen LogP contribution in [0.25, 0.3) is 0 Å². The maximum absolute atomic E-state index is 12.8. The van der Waals surface area contributed by atoms with Crippen LogP contribution in [0.3, 0.4) is 0 Å². The van der Waals surface area contributed by atoms with Gasteiger partial charge in [-0.1, -0.05) is 24.3 Å². The number of aryl methyl sites for hydroxylation is 1. The van der Waals surface area contributed by atoms with Crippen molar-refractivity contribution < 1.29 is 9.59 Å². The second-order valence-corrected chi connectivity index (χ2v) is 7.71. The van der Waals surface area contributed by atoms with E-state index in [-0.39, 0.29) is 11.9 Å². The summed E-state index contributed by atoms with van der Waals surface area (Å²) in [6.07, 6.45) is 4.49. The molecule has 3 aromatic rings. The van der Waals surface area contributed by atoms with E-state index in [1.807, 2.05) is 37.3 Å². The zero-order valence-corrected chi connectivity index (χ0v) is 17.1. The minimum Gasteiger partial charge on any atom is -0.344 e. The van der Waals surface area contributed by atoms with Gasteiger partial charge >= 0.3 is 6.03 Å². The van der Waals surface area contributed by atoms with E-state index in [9.17, 15) is 9.59 Å². The number of amides is 3. The van der Waals surface area contributed by atoms with Crippen molar-refractivity contribution in [3.8, 4) is 0 Å². The van der Waals surface area contributed by atoms with E-state index < -0.39 is 5.54 Å². The zero-order chi connectivity index (χ0) is 21.1. The van der Waals surface area contributed by atoms with E-state index >= 15 is 0 Å². The van der Waals surface area contributed by atoms with Crippen LogP contribution in [0.15, 0.2) is 60.8 Å². The van der Waals surface area contributed by atoms with Gasteiger partial charge in [0, 0.05) is 35.9 Å². The molecule has 0 unspecified atom stereocenters. The van der Waals surface area contributed by atoms with Crippen LogP contribution < -0.4 is 15.5 Å². The molecule has 154 valence electrons. The third-order valence-corrected chi connectivity index (χ3v) is 5.53. The van der Waals surface area contributed by atoms with Gasteiger partial charge in [0.25, 0.3) is 5.91 Å². The number of carbonyl (C=O) groups excluding carboxylic acids is 2. The van der Waals surface area contributed by atoms with Crippen LogP contribution in [0, 0.1) is 6.92 Å². The molecule has 0 aliphatic heterocycles. The molecule has 0 spiro atoms. The number of rotatable bonds is 5. The first-order valence-corrected chi connectivity index (χ1v) is 10.0. The number of hydrogen-bond acceptors (Lipinski definition) is 3. The molecule has 4 rings (SSSR count). The van der Waals surface area contributed by atoms with E-state index in [1.165, 1.54) is 0 Å². The van der Waals surface area contributed by atoms with E-state index in [1.54, 1.807) is 42.4 Å². The van der Waals surface area contributed by atoms with Crippen LogP contribution in [0.4, 0.5) is 16.2 Å². The molecule has 3 N–H and O–H groups in total. The van der Waals surface area contributed by atoms with Crippen LogP contribution in [-0.4, -0.2) is 29.0 Å². The Hall–Kier alpha value is -3.61. The third kappa shape index (κ3) is 3.91. The Bertz CT molecular complexity index is 1060. The molecule has 0 bridgehead atoms. The second-order valence-electron chi connectivity index (χ2n) is 7.71. The molecule has 0 saturated heterocycles. The SMILES string of the molecule is Cc1cnc(C2(NC(=O)Nc3cccc(C(=O)N(C)c4ccccc4)c3)CCC2)[nH]1. The number of H-pyrrole nitrogens is 1. The largest absolute Gasteiger partial charge is 0.344 e. The van der Waals surface area contributed by atoms with Crippen LogP contribution in [0.5, 0.6) is 0 Å². The van der Waals surface area contributed by atoms with E-state index in [0.717, 1.165) is 36.5 Å². The number of aromatic amines is 1. The quantitative estimate of drug-likeness (QED) is 0.596. The summed E-state index contributed by atoms with van der Waals surface area (Å²) in [5.41, 5.74) is 2.37. The van der Waals surface area contributed by atoms with Gasteiger partial charge in [-0.15, -0.1) is 0 Å². The molecule has 1 aliphatic carbocycles. The molecule has 7 nitrogen and oxygen atoms in total. The summed E-state index contributed by atoms with van der Waals surface area (Å²) in [5, 5.41) is 5.92.